The number of hydrogen-bond acceptors (Lipinski definition) is 6. The van der Waals surface area contributed by atoms with Gasteiger partial charge in [-0.05, 0) is 36.5 Å². The molecule has 2 aromatic heterocycles. The predicted molar refractivity (Wildman–Crippen MR) is 111 cm³/mol. The van der Waals surface area contributed by atoms with Gasteiger partial charge in [0.1, 0.15) is 21.2 Å². The quantitative estimate of drug-likeness (QED) is 0.573. The molecule has 1 aromatic carbocycles. The Kier molecular flexibility index (Phi) is 4.39. The number of nitrogens with zero attached hydrogens (tertiary/aromatic N) is 1. The van der Waals surface area contributed by atoms with E-state index < -0.39 is 27.4 Å². The van der Waals surface area contributed by atoms with Gasteiger partial charge in [-0.3, -0.25) is 4.79 Å². The van der Waals surface area contributed by atoms with E-state index in [9.17, 15) is 18.3 Å². The van der Waals surface area contributed by atoms with Gasteiger partial charge in [-0.15, -0.1) is 11.3 Å². The molecule has 0 unspecified atom stereocenters. The number of carboxylic acids is 1. The first-order valence-corrected chi connectivity index (χ1v) is 12.0. The van der Waals surface area contributed by atoms with Crippen molar-refractivity contribution in [2.45, 2.75) is 41.3 Å². The monoisotopic (exact) mass is 444 g/mol. The molecule has 3 atom stereocenters. The summed E-state index contributed by atoms with van der Waals surface area (Å²) >= 11 is 1.05. The molecule has 0 aliphatic heterocycles. The fourth-order valence-corrected chi connectivity index (χ4v) is 6.86. The number of sulfonamides is 1. The summed E-state index contributed by atoms with van der Waals surface area (Å²) in [5, 5.41) is 14.0. The SMILES string of the molecule is C[C@@H]1[C@H](c2ccccc2)[C@]1(NS(=O)(=O)c1ccc(-c2cc(C3CC3)on2)s1)C(=O)O. The number of aliphatic carboxylic acids is 1. The van der Waals surface area contributed by atoms with Crippen LogP contribution in [0.15, 0.2) is 57.3 Å². The summed E-state index contributed by atoms with van der Waals surface area (Å²) in [4.78, 5) is 12.8. The lowest BCUT2D eigenvalue weighted by Crippen LogP contribution is -2.45. The third-order valence-electron chi connectivity index (χ3n) is 6.02. The van der Waals surface area contributed by atoms with Crippen molar-refractivity contribution in [1.29, 1.82) is 0 Å². The van der Waals surface area contributed by atoms with Gasteiger partial charge in [0.2, 0.25) is 0 Å². The molecule has 2 N–H and O–H groups in total. The van der Waals surface area contributed by atoms with Gasteiger partial charge < -0.3 is 9.63 Å². The molecule has 2 fully saturated rings. The zero-order chi connectivity index (χ0) is 21.1. The molecule has 7 nitrogen and oxygen atoms in total. The van der Waals surface area contributed by atoms with Crippen LogP contribution in [-0.4, -0.2) is 30.2 Å². The lowest BCUT2D eigenvalue weighted by Gasteiger charge is -2.15. The summed E-state index contributed by atoms with van der Waals surface area (Å²) < 4.78 is 34.1. The molecule has 0 radical (unpaired) electrons. The Morgan fingerprint density at radius 1 is 1.23 bits per heavy atom. The average Bonchev–Trinajstić information content (AvgIpc) is 3.49. The molecule has 2 saturated carbocycles. The Bertz CT molecular complexity index is 1210. The molecular formula is C21H20N2O5S2. The molecule has 156 valence electrons. The van der Waals surface area contributed by atoms with Gasteiger partial charge >= 0.3 is 5.97 Å². The van der Waals surface area contributed by atoms with E-state index in [2.05, 4.69) is 9.88 Å². The van der Waals surface area contributed by atoms with Gasteiger partial charge in [-0.25, -0.2) is 8.42 Å². The van der Waals surface area contributed by atoms with E-state index in [0.717, 1.165) is 35.5 Å². The molecule has 5 rings (SSSR count). The first-order valence-electron chi connectivity index (χ1n) is 9.72. The highest BCUT2D eigenvalue weighted by atomic mass is 32.2. The van der Waals surface area contributed by atoms with E-state index in [-0.39, 0.29) is 10.1 Å². The van der Waals surface area contributed by atoms with Crippen LogP contribution in [0.1, 0.15) is 42.9 Å². The number of rotatable bonds is 7. The molecule has 0 saturated heterocycles. The highest BCUT2D eigenvalue weighted by Crippen LogP contribution is 2.58. The van der Waals surface area contributed by atoms with Crippen molar-refractivity contribution in [2.75, 3.05) is 0 Å². The Morgan fingerprint density at radius 3 is 2.63 bits per heavy atom. The second-order valence-corrected chi connectivity index (χ2v) is 11.0. The van der Waals surface area contributed by atoms with Crippen LogP contribution in [0, 0.1) is 5.92 Å². The van der Waals surface area contributed by atoms with Crippen molar-refractivity contribution >= 4 is 27.3 Å². The van der Waals surface area contributed by atoms with Gasteiger partial charge in [-0.2, -0.15) is 4.72 Å². The van der Waals surface area contributed by atoms with Crippen molar-refractivity contribution < 1.29 is 22.8 Å². The van der Waals surface area contributed by atoms with Gasteiger partial charge in [0.05, 0.1) is 4.88 Å². The molecule has 0 spiro atoms. The fourth-order valence-electron chi connectivity index (χ4n) is 4.14. The zero-order valence-electron chi connectivity index (χ0n) is 16.1. The number of carboxylic acid groups (broad SMARTS) is 1. The lowest BCUT2D eigenvalue weighted by atomic mass is 10.1. The van der Waals surface area contributed by atoms with E-state index in [1.807, 2.05) is 36.4 Å². The molecule has 30 heavy (non-hydrogen) atoms. The fraction of sp³-hybridized carbons (Fsp3) is 0.333. The summed E-state index contributed by atoms with van der Waals surface area (Å²) in [5.74, 6) is -0.735. The summed E-state index contributed by atoms with van der Waals surface area (Å²) in [7, 11) is -4.03. The number of benzene rings is 1. The second-order valence-electron chi connectivity index (χ2n) is 7.96. The minimum atomic E-state index is -4.03. The number of thiophene rings is 1. The van der Waals surface area contributed by atoms with E-state index in [4.69, 9.17) is 4.52 Å². The molecule has 9 heteroatoms. The van der Waals surface area contributed by atoms with Crippen LogP contribution in [0.25, 0.3) is 10.6 Å². The van der Waals surface area contributed by atoms with Gasteiger partial charge in [0.15, 0.2) is 0 Å². The van der Waals surface area contributed by atoms with E-state index >= 15 is 0 Å². The molecular weight excluding hydrogens is 424 g/mol. The third kappa shape index (κ3) is 3.08. The number of aromatic nitrogens is 1. The molecule has 2 aliphatic carbocycles. The van der Waals surface area contributed by atoms with E-state index in [1.54, 1.807) is 13.0 Å². The maximum absolute atomic E-state index is 13.1. The molecule has 2 heterocycles. The van der Waals surface area contributed by atoms with Gasteiger partial charge in [0, 0.05) is 17.9 Å². The number of hydrogen-bond donors (Lipinski definition) is 2. The largest absolute Gasteiger partial charge is 0.480 e. The summed E-state index contributed by atoms with van der Waals surface area (Å²) in [6, 6.07) is 14.1. The van der Waals surface area contributed by atoms with Crippen molar-refractivity contribution in [1.82, 2.24) is 9.88 Å². The van der Waals surface area contributed by atoms with Crippen molar-refractivity contribution in [2.24, 2.45) is 5.92 Å². The van der Waals surface area contributed by atoms with Gasteiger partial charge in [0.25, 0.3) is 10.0 Å². The maximum atomic E-state index is 13.1. The Labute approximate surface area is 177 Å². The van der Waals surface area contributed by atoms with Crippen molar-refractivity contribution in [3.05, 3.63) is 59.9 Å². The molecule has 2 aliphatic rings. The predicted octanol–water partition coefficient (Wildman–Crippen LogP) is 3.82. The van der Waals surface area contributed by atoms with Crippen molar-refractivity contribution in [3.63, 3.8) is 0 Å². The number of nitrogens with one attached hydrogen (secondary N) is 1. The van der Waals surface area contributed by atoms with Crippen LogP contribution in [0.2, 0.25) is 0 Å². The first-order chi connectivity index (χ1) is 14.3. The second kappa shape index (κ2) is 6.76. The smallest absolute Gasteiger partial charge is 0.325 e. The Balaban J connectivity index is 1.42. The topological polar surface area (TPSA) is 110 Å². The van der Waals surface area contributed by atoms with Crippen LogP contribution in [0.5, 0.6) is 0 Å². The number of carbonyl (C=O) groups is 1. The minimum absolute atomic E-state index is 0.0556. The zero-order valence-corrected chi connectivity index (χ0v) is 17.7. The Hall–Kier alpha value is -2.49. The van der Waals surface area contributed by atoms with Crippen LogP contribution in [-0.2, 0) is 14.8 Å². The van der Waals surface area contributed by atoms with Crippen molar-refractivity contribution in [3.8, 4) is 10.6 Å². The molecule has 0 amide bonds. The summed E-state index contributed by atoms with van der Waals surface area (Å²) in [5.41, 5.74) is -0.160. The highest BCUT2D eigenvalue weighted by Gasteiger charge is 2.70. The van der Waals surface area contributed by atoms with Crippen LogP contribution in [0.4, 0.5) is 0 Å². The van der Waals surface area contributed by atoms with E-state index in [0.29, 0.717) is 16.5 Å². The van der Waals surface area contributed by atoms with Gasteiger partial charge in [-0.1, -0.05) is 42.4 Å². The Morgan fingerprint density at radius 2 is 1.97 bits per heavy atom. The molecule has 3 aromatic rings. The van der Waals surface area contributed by atoms with E-state index in [1.165, 1.54) is 6.07 Å². The minimum Gasteiger partial charge on any atom is -0.480 e. The normalized spacial score (nSPS) is 25.9. The highest BCUT2D eigenvalue weighted by molar-refractivity contribution is 7.91. The summed E-state index contributed by atoms with van der Waals surface area (Å²) in [6.45, 7) is 1.75. The molecule has 0 bridgehead atoms. The van der Waals surface area contributed by atoms with Crippen LogP contribution >= 0.6 is 11.3 Å². The lowest BCUT2D eigenvalue weighted by molar-refractivity contribution is -0.140. The van der Waals surface area contributed by atoms with Crippen LogP contribution in [0.3, 0.4) is 0 Å². The maximum Gasteiger partial charge on any atom is 0.325 e. The average molecular weight is 445 g/mol. The first kappa shape index (κ1) is 19.5. The third-order valence-corrected chi connectivity index (χ3v) is 9.11. The van der Waals surface area contributed by atoms with Crippen LogP contribution < -0.4 is 4.72 Å². The standard InChI is InChI=1S/C21H20N2O5S2/c1-12-19(14-5-3-2-4-6-14)21(12,20(24)25)23-30(26,27)18-10-9-17(29-18)15-11-16(28-22-15)13-7-8-13/h2-6,9-13,19,23H,7-8H2,1H3,(H,24,25)/t12-,19-,21+/m1/s1. The summed E-state index contributed by atoms with van der Waals surface area (Å²) in [6.07, 6.45) is 2.17.